The van der Waals surface area contributed by atoms with Gasteiger partial charge in [-0.15, -0.1) is 0 Å². The van der Waals surface area contributed by atoms with E-state index in [0.29, 0.717) is 47.3 Å². The molecular formula is C102H132N24O15. The Kier molecular flexibility index (Phi) is 40.6. The highest BCUT2D eigenvalue weighted by Crippen LogP contribution is 2.36. The van der Waals surface area contributed by atoms with Gasteiger partial charge in [-0.25, -0.2) is 24.9 Å². The van der Waals surface area contributed by atoms with Crippen LogP contribution < -0.4 is 74.9 Å². The number of H-pyrrole nitrogens is 2. The SMILES string of the molecule is CC(C)(C#N)c1cc(Cn2cncn2)cc(C(C)(C)C#N)c1.CC(C)C[C@H](NC(=O)[C@@H](COC(C)(C)C)NC(=O)[C@H](Cc1ccc(O)cc1)NC(=O)[C@H](CO)NC(=O)[C@H](Cc1c[nH]c2ccccc12)NC(=O)[C@H](Cc1c[nH]cn1)NC(=O)[C@@H]1CCC(=O)N1)C(=O)N[C@@H](CCCNC(=N)N)C(=O)N1CCC[C@H]1C(=O)NNC(N)=O.CC/C(=C(\c1ccccc1)c1ccc(OCCN(C)C)cc1)c1ccccc1. The van der Waals surface area contributed by atoms with Gasteiger partial charge in [-0.3, -0.25) is 58.8 Å². The number of likely N-dealkylation sites (tertiary alicyclic amines) is 1. The van der Waals surface area contributed by atoms with Crippen molar-refractivity contribution >= 4 is 93.1 Å². The number of hydrazine groups is 1. The van der Waals surface area contributed by atoms with Crippen molar-refractivity contribution < 1.29 is 72.4 Å². The maximum absolute atomic E-state index is 14.8. The number of aromatic nitrogens is 6. The van der Waals surface area contributed by atoms with E-state index >= 15 is 0 Å². The molecule has 39 heteroatoms. The highest BCUT2D eigenvalue weighted by atomic mass is 16.5. The zero-order chi connectivity index (χ0) is 103. The number of ether oxygens (including phenoxy) is 2. The number of rotatable bonds is 43. The van der Waals surface area contributed by atoms with E-state index in [2.05, 4.69) is 201 Å². The second-order valence-electron chi connectivity index (χ2n) is 37.3. The van der Waals surface area contributed by atoms with Crippen LogP contribution in [-0.2, 0) is 89.3 Å². The number of benzene rings is 6. The first-order valence-corrected chi connectivity index (χ1v) is 46.9. The first-order chi connectivity index (χ1) is 67.1. The summed E-state index contributed by atoms with van der Waals surface area (Å²) in [6.45, 7) is 19.2. The number of para-hydroxylation sites is 1. The van der Waals surface area contributed by atoms with Crippen LogP contribution in [0.4, 0.5) is 4.79 Å². The van der Waals surface area contributed by atoms with Crippen LogP contribution in [-0.4, -0.2) is 234 Å². The number of nitriles is 2. The van der Waals surface area contributed by atoms with E-state index < -0.39 is 143 Å². The number of carbonyl (C=O) groups is 11. The second kappa shape index (κ2) is 52.4. The van der Waals surface area contributed by atoms with E-state index in [0.717, 1.165) is 35.4 Å². The number of nitrogens with one attached hydrogen (secondary N) is 14. The van der Waals surface area contributed by atoms with Crippen LogP contribution in [0.25, 0.3) is 22.0 Å². The molecule has 0 unspecified atom stereocenters. The summed E-state index contributed by atoms with van der Waals surface area (Å²) in [5.41, 5.74) is 23.9. The number of phenols is 1. The molecule has 141 heavy (non-hydrogen) atoms. The molecule has 6 aromatic carbocycles. The minimum absolute atomic E-state index is 0.00232. The van der Waals surface area contributed by atoms with Crippen LogP contribution in [0.5, 0.6) is 11.5 Å². The molecule has 0 saturated carbocycles. The number of carbonyl (C=O) groups excluding carboxylic acids is 11. The Morgan fingerprint density at radius 3 is 1.79 bits per heavy atom. The van der Waals surface area contributed by atoms with Crippen LogP contribution in [0.3, 0.4) is 0 Å². The largest absolute Gasteiger partial charge is 0.508 e. The molecule has 2 aliphatic rings. The number of fused-ring (bicyclic) bond motifs is 1. The van der Waals surface area contributed by atoms with Crippen molar-refractivity contribution in [2.75, 3.05) is 53.6 Å². The zero-order valence-electron chi connectivity index (χ0n) is 81.8. The molecule has 0 spiro atoms. The number of phenolic OH excluding ortho intramolecular Hbond substituents is 1. The minimum atomic E-state index is -1.80. The van der Waals surface area contributed by atoms with Crippen molar-refractivity contribution in [3.63, 3.8) is 0 Å². The molecule has 2 aliphatic heterocycles. The Balaban J connectivity index is 0.000000354. The Bertz CT molecular complexity index is 5790. The molecule has 39 nitrogen and oxygen atoms in total. The number of hydrogen-bond acceptors (Lipinski definition) is 22. The van der Waals surface area contributed by atoms with Gasteiger partial charge >= 0.3 is 6.03 Å². The molecule has 0 bridgehead atoms. The van der Waals surface area contributed by atoms with E-state index in [1.807, 2.05) is 51.3 Å². The van der Waals surface area contributed by atoms with Gasteiger partial charge < -0.3 is 98.8 Å². The molecule has 20 N–H and O–H groups in total. The van der Waals surface area contributed by atoms with Crippen LogP contribution in [0, 0.1) is 34.0 Å². The molecule has 0 aliphatic carbocycles. The Morgan fingerprint density at radius 2 is 1.23 bits per heavy atom. The number of nitrogens with two attached hydrogens (primary N) is 2. The third-order valence-corrected chi connectivity index (χ3v) is 23.5. The molecule has 5 heterocycles. The van der Waals surface area contributed by atoms with Crippen LogP contribution in [0.15, 0.2) is 183 Å². The lowest BCUT2D eigenvalue weighted by Gasteiger charge is -2.31. The molecule has 11 rings (SSSR count). The van der Waals surface area contributed by atoms with E-state index in [9.17, 15) is 73.5 Å². The topological polar surface area (TPSA) is 584 Å². The fraction of sp³-hybridized carbons (Fsp3) is 0.422. The summed E-state index contributed by atoms with van der Waals surface area (Å²) in [6, 6.07) is 39.7. The zero-order valence-corrected chi connectivity index (χ0v) is 81.8. The Labute approximate surface area is 820 Å². The highest BCUT2D eigenvalue weighted by Gasteiger charge is 2.41. The van der Waals surface area contributed by atoms with E-state index in [1.165, 1.54) is 75.9 Å². The summed E-state index contributed by atoms with van der Waals surface area (Å²) in [6.07, 6.45) is 9.06. The molecule has 0 radical (unpaired) electrons. The lowest BCUT2D eigenvalue weighted by atomic mass is 9.79. The Hall–Kier alpha value is -15.4. The van der Waals surface area contributed by atoms with E-state index in [-0.39, 0.29) is 94.4 Å². The van der Waals surface area contributed by atoms with Crippen molar-refractivity contribution in [3.05, 3.63) is 233 Å². The molecule has 750 valence electrons. The first kappa shape index (κ1) is 109. The van der Waals surface area contributed by atoms with E-state index in [1.54, 1.807) is 76.1 Å². The predicted octanol–water partition coefficient (Wildman–Crippen LogP) is 6.03. The molecular weight excluding hydrogens is 1800 g/mol. The second-order valence-corrected chi connectivity index (χ2v) is 37.3. The molecule has 2 saturated heterocycles. The Morgan fingerprint density at radius 1 is 0.652 bits per heavy atom. The van der Waals surface area contributed by atoms with Gasteiger partial charge in [0.15, 0.2) is 5.96 Å². The summed E-state index contributed by atoms with van der Waals surface area (Å²) in [4.78, 5) is 169. The number of aromatic amines is 2. The van der Waals surface area contributed by atoms with Gasteiger partial charge in [0.1, 0.15) is 85.1 Å². The fourth-order valence-corrected chi connectivity index (χ4v) is 15.7. The predicted molar refractivity (Wildman–Crippen MR) is 530 cm³/mol. The van der Waals surface area contributed by atoms with Crippen molar-refractivity contribution in [1.82, 2.24) is 98.2 Å². The summed E-state index contributed by atoms with van der Waals surface area (Å²) in [5.74, 6) is -7.83. The molecule has 2 fully saturated rings. The number of amides is 12. The summed E-state index contributed by atoms with van der Waals surface area (Å²) in [5, 5.41) is 75.9. The van der Waals surface area contributed by atoms with Crippen molar-refractivity contribution in [2.45, 2.75) is 217 Å². The summed E-state index contributed by atoms with van der Waals surface area (Å²) < 4.78 is 13.6. The number of imidazole rings is 1. The van der Waals surface area contributed by atoms with Gasteiger partial charge in [0.25, 0.3) is 5.91 Å². The summed E-state index contributed by atoms with van der Waals surface area (Å²) in [7, 11) is 4.11. The van der Waals surface area contributed by atoms with Crippen LogP contribution >= 0.6 is 0 Å². The highest BCUT2D eigenvalue weighted by molar-refractivity contribution is 6.01. The third-order valence-electron chi connectivity index (χ3n) is 23.5. The van der Waals surface area contributed by atoms with Gasteiger partial charge in [0.2, 0.25) is 53.2 Å². The fourth-order valence-electron chi connectivity index (χ4n) is 15.7. The number of aliphatic hydroxyl groups excluding tert-OH is 1. The monoisotopic (exact) mass is 1930 g/mol. The van der Waals surface area contributed by atoms with Crippen LogP contribution in [0.1, 0.15) is 171 Å². The van der Waals surface area contributed by atoms with Gasteiger partial charge in [0, 0.05) is 68.6 Å². The maximum atomic E-state index is 14.8. The molecule has 9 aromatic rings. The van der Waals surface area contributed by atoms with Crippen LogP contribution in [0.2, 0.25) is 0 Å². The number of aliphatic hydroxyl groups is 1. The average Bonchev–Trinajstić information content (AvgIpc) is 1.59. The number of hydrogen-bond donors (Lipinski definition) is 18. The number of primary amides is 1. The van der Waals surface area contributed by atoms with Gasteiger partial charge in [-0.2, -0.15) is 15.6 Å². The standard InChI is InChI=1S/C59H84N18O14.C26H29NO.C17H19N5/c1-31(2)22-40(49(82)68-39(12-8-20-64-57(60)61)56(89)77-21-9-13-46(77)55(88)75-76-58(62)90)69-54(87)45(29-91-59(3,4)5)74-50(83)41(23-32-14-16-35(79)17-15-32)70-53(86)44(28-78)73-51(84)42(24-33-26-65-37-11-7-6-10-36(33)37)71-52(85)43(25-34-27-63-30-66-34)72-48(81)38-18-19-47(80)67-38;1-4-25(21-11-7-5-8-12-21)26(22-13-9-6-10-14-22)23-15-17-24(18-16-23)28-20-19-27(2)3;1-16(2,9-18)14-5-13(8-22-12-20-11-21-22)6-15(7-14)17(3,4)10-19/h6-7,10-11,14-17,26-27,30-31,38-46,65,78-79H,8-9,12-13,18-25,28-29H2,1-5H3,(H,63,66)(H,67,80)(H,68,82)(H,69,87)(H,70,86)(H,71,85)(H,72,81)(H,73,84)(H,74,83)(H,75,88)(H4,60,61,64)(H3,62,76,90);5-18H,4,19-20H2,1-3H3;5-7,11-12H,8H2,1-4H3/b;26-25-;/t38-,39-,40-,41-,42-,43-,44-,45+,46-;;/m0../s1. The third kappa shape index (κ3) is 33.8. The summed E-state index contributed by atoms with van der Waals surface area (Å²) >= 11 is 0. The molecule has 12 amide bonds. The van der Waals surface area contributed by atoms with Gasteiger partial charge in [-0.05, 0) is 199 Å². The number of nitrogens with zero attached hydrogens (tertiary/aromatic N) is 8. The lowest BCUT2D eigenvalue weighted by molar-refractivity contribution is -0.142. The molecule has 9 atom stereocenters. The number of urea groups is 1. The van der Waals surface area contributed by atoms with Crippen molar-refractivity contribution in [3.8, 4) is 23.6 Å². The van der Waals surface area contributed by atoms with E-state index in [4.69, 9.17) is 26.4 Å². The number of guanidine groups is 1. The quantitative estimate of drug-likeness (QED) is 0.00682. The normalized spacial score (nSPS) is 15.2. The lowest BCUT2D eigenvalue weighted by Crippen LogP contribution is -2.62. The van der Waals surface area contributed by atoms with Gasteiger partial charge in [0.05, 0.1) is 60.3 Å². The van der Waals surface area contributed by atoms with Crippen molar-refractivity contribution in [1.29, 1.82) is 15.9 Å². The average molecular weight is 1930 g/mol. The van der Waals surface area contributed by atoms with Crippen molar-refractivity contribution in [2.24, 2.45) is 17.4 Å². The maximum Gasteiger partial charge on any atom is 0.330 e. The molecule has 3 aromatic heterocycles. The first-order valence-electron chi connectivity index (χ1n) is 46.9. The number of allylic oxidation sites excluding steroid dienone is 1. The number of likely N-dealkylation sites (N-methyl/N-ethyl adjacent to an activating group) is 1. The minimum Gasteiger partial charge on any atom is -0.508 e. The smallest absolute Gasteiger partial charge is 0.330 e. The number of aromatic hydroxyl groups is 1. The van der Waals surface area contributed by atoms with Gasteiger partial charge in [-0.1, -0.05) is 142 Å².